The van der Waals surface area contributed by atoms with Crippen LogP contribution >= 0.6 is 15.9 Å². The SMILES string of the molecule is C=CCN(C)C1C2CCC(=O)[C@H]3Oc4c(OC)cc(Br)c5c4[C@@]23CC51C. The minimum Gasteiger partial charge on any atom is -0.493 e. The lowest BCUT2D eigenvalue weighted by atomic mass is 9.60. The van der Waals surface area contributed by atoms with E-state index in [1.807, 2.05) is 12.1 Å². The van der Waals surface area contributed by atoms with E-state index in [-0.39, 0.29) is 22.7 Å². The lowest BCUT2D eigenvalue weighted by molar-refractivity contribution is -0.132. The second-order valence-electron chi connectivity index (χ2n) is 8.56. The van der Waals surface area contributed by atoms with Gasteiger partial charge < -0.3 is 9.47 Å². The van der Waals surface area contributed by atoms with Crippen LogP contribution in [0.25, 0.3) is 0 Å². The molecule has 3 aliphatic carbocycles. The molecule has 1 spiro atoms. The van der Waals surface area contributed by atoms with Crippen molar-refractivity contribution in [2.45, 2.75) is 49.2 Å². The number of benzene rings is 1. The van der Waals surface area contributed by atoms with Crippen LogP contribution in [-0.2, 0) is 15.6 Å². The number of rotatable bonds is 4. The molecule has 138 valence electrons. The van der Waals surface area contributed by atoms with Crippen molar-refractivity contribution >= 4 is 21.7 Å². The van der Waals surface area contributed by atoms with E-state index in [4.69, 9.17) is 9.47 Å². The number of halogens is 1. The summed E-state index contributed by atoms with van der Waals surface area (Å²) in [7, 11) is 3.86. The monoisotopic (exact) mass is 417 g/mol. The van der Waals surface area contributed by atoms with Crippen LogP contribution in [0.2, 0.25) is 0 Å². The van der Waals surface area contributed by atoms with Crippen LogP contribution in [0.1, 0.15) is 37.3 Å². The summed E-state index contributed by atoms with van der Waals surface area (Å²) >= 11 is 3.81. The summed E-state index contributed by atoms with van der Waals surface area (Å²) in [6, 6.07) is 2.39. The summed E-state index contributed by atoms with van der Waals surface area (Å²) in [5.41, 5.74) is 2.36. The number of nitrogens with zero attached hydrogens (tertiary/aromatic N) is 1. The Hall–Kier alpha value is -1.33. The Kier molecular flexibility index (Phi) is 3.32. The first-order chi connectivity index (χ1) is 12.4. The van der Waals surface area contributed by atoms with Crippen LogP contribution in [-0.4, -0.2) is 43.5 Å². The average Bonchev–Trinajstić information content (AvgIpc) is 3.16. The van der Waals surface area contributed by atoms with E-state index in [0.29, 0.717) is 18.4 Å². The van der Waals surface area contributed by atoms with E-state index in [2.05, 4.69) is 41.4 Å². The fraction of sp³-hybridized carbons (Fsp3) is 0.571. The van der Waals surface area contributed by atoms with Crippen molar-refractivity contribution in [3.63, 3.8) is 0 Å². The molecule has 2 bridgehead atoms. The third-order valence-corrected chi connectivity index (χ3v) is 8.02. The zero-order chi connectivity index (χ0) is 18.4. The molecule has 1 heterocycles. The lowest BCUT2D eigenvalue weighted by Gasteiger charge is -2.47. The van der Waals surface area contributed by atoms with E-state index in [9.17, 15) is 4.79 Å². The molecular weight excluding hydrogens is 394 g/mol. The van der Waals surface area contributed by atoms with Crippen LogP contribution in [0.5, 0.6) is 11.5 Å². The number of carbonyl (C=O) groups is 1. The summed E-state index contributed by atoms with van der Waals surface area (Å²) in [6.45, 7) is 7.16. The zero-order valence-corrected chi connectivity index (χ0v) is 17.1. The van der Waals surface area contributed by atoms with Gasteiger partial charge in [-0.3, -0.25) is 9.69 Å². The largest absolute Gasteiger partial charge is 0.493 e. The molecule has 5 rings (SSSR count). The number of methoxy groups -OCH3 is 1. The second kappa shape index (κ2) is 5.14. The van der Waals surface area contributed by atoms with Crippen molar-refractivity contribution in [1.29, 1.82) is 0 Å². The number of hydrogen-bond acceptors (Lipinski definition) is 4. The predicted molar refractivity (Wildman–Crippen MR) is 103 cm³/mol. The molecule has 0 saturated heterocycles. The molecule has 1 aliphatic heterocycles. The first-order valence-corrected chi connectivity index (χ1v) is 10.1. The summed E-state index contributed by atoms with van der Waals surface area (Å²) in [5.74, 6) is 2.22. The van der Waals surface area contributed by atoms with Gasteiger partial charge in [0, 0.05) is 39.9 Å². The van der Waals surface area contributed by atoms with Crippen molar-refractivity contribution in [2.24, 2.45) is 5.92 Å². The maximum atomic E-state index is 12.9. The third-order valence-electron chi connectivity index (χ3n) is 7.40. The third kappa shape index (κ3) is 1.64. The number of hydrogen-bond donors (Lipinski definition) is 0. The van der Waals surface area contributed by atoms with Crippen LogP contribution in [0.3, 0.4) is 0 Å². The highest BCUT2D eigenvalue weighted by Gasteiger charge is 2.76. The Morgan fingerprint density at radius 1 is 1.50 bits per heavy atom. The summed E-state index contributed by atoms with van der Waals surface area (Å²) in [6.07, 6.45) is 4.13. The van der Waals surface area contributed by atoms with Gasteiger partial charge in [-0.2, -0.15) is 0 Å². The van der Waals surface area contributed by atoms with E-state index in [1.165, 1.54) is 11.1 Å². The van der Waals surface area contributed by atoms with Crippen LogP contribution in [0.4, 0.5) is 0 Å². The molecule has 4 aliphatic rings. The molecular formula is C21H24BrNO3. The average molecular weight is 418 g/mol. The van der Waals surface area contributed by atoms with Gasteiger partial charge in [0.2, 0.25) is 0 Å². The fourth-order valence-corrected chi connectivity index (χ4v) is 7.77. The van der Waals surface area contributed by atoms with Crippen molar-refractivity contribution in [1.82, 2.24) is 4.90 Å². The van der Waals surface area contributed by atoms with Gasteiger partial charge in [0.1, 0.15) is 0 Å². The maximum absolute atomic E-state index is 12.9. The maximum Gasteiger partial charge on any atom is 0.174 e. The Morgan fingerprint density at radius 2 is 2.27 bits per heavy atom. The first-order valence-electron chi connectivity index (χ1n) is 9.32. The first kappa shape index (κ1) is 16.8. The number of ether oxygens (including phenoxy) is 2. The number of Topliss-reactive ketones (excluding diaryl/α,β-unsaturated/α-hetero) is 1. The van der Waals surface area contributed by atoms with E-state index in [0.717, 1.165) is 35.4 Å². The molecule has 5 atom stereocenters. The van der Waals surface area contributed by atoms with Gasteiger partial charge in [-0.1, -0.05) is 28.9 Å². The minimum atomic E-state index is -0.359. The lowest BCUT2D eigenvalue weighted by Crippen LogP contribution is -2.56. The molecule has 0 amide bonds. The minimum absolute atomic E-state index is 0.00966. The molecule has 1 aromatic rings. The number of likely N-dealkylation sites (N-methyl/N-ethyl adjacent to an activating group) is 1. The summed E-state index contributed by atoms with van der Waals surface area (Å²) < 4.78 is 13.0. The van der Waals surface area contributed by atoms with Gasteiger partial charge in [-0.05, 0) is 37.4 Å². The van der Waals surface area contributed by atoms with Crippen LogP contribution in [0, 0.1) is 5.92 Å². The van der Waals surface area contributed by atoms with Crippen LogP contribution in [0.15, 0.2) is 23.2 Å². The second-order valence-corrected chi connectivity index (χ2v) is 9.41. The molecule has 0 aromatic heterocycles. The van der Waals surface area contributed by atoms with Gasteiger partial charge >= 0.3 is 0 Å². The molecule has 3 unspecified atom stereocenters. The normalized spacial score (nSPS) is 38.5. The standard InChI is InChI=1S/C21H24BrNO3/c1-5-8-23(3)18-11-6-7-13(24)19-21(11)10-20(18,2)15-12(22)9-14(25-4)17(26-19)16(15)21/h5,9,11,18-19H,1,6-8,10H2,2-4H3/t11?,18?,19-,20?,21-/m1/s1. The molecule has 2 fully saturated rings. The number of fused-ring (bicyclic) bond motifs is 2. The van der Waals surface area contributed by atoms with Gasteiger partial charge in [0.15, 0.2) is 23.4 Å². The Labute approximate surface area is 162 Å². The van der Waals surface area contributed by atoms with E-state index in [1.54, 1.807) is 7.11 Å². The highest BCUT2D eigenvalue weighted by molar-refractivity contribution is 9.10. The molecule has 1 aromatic carbocycles. The highest BCUT2D eigenvalue weighted by Crippen LogP contribution is 2.74. The van der Waals surface area contributed by atoms with Crippen LogP contribution < -0.4 is 9.47 Å². The Balaban J connectivity index is 1.81. The quantitative estimate of drug-likeness (QED) is 0.701. The molecule has 26 heavy (non-hydrogen) atoms. The summed E-state index contributed by atoms with van der Waals surface area (Å²) in [5, 5.41) is 0. The van der Waals surface area contributed by atoms with Gasteiger partial charge in [0.05, 0.1) is 7.11 Å². The van der Waals surface area contributed by atoms with Gasteiger partial charge in [-0.25, -0.2) is 0 Å². The predicted octanol–water partition coefficient (Wildman–Crippen LogP) is 3.60. The molecule has 5 heteroatoms. The van der Waals surface area contributed by atoms with Crippen molar-refractivity contribution in [2.75, 3.05) is 20.7 Å². The van der Waals surface area contributed by atoms with Gasteiger partial charge in [-0.15, -0.1) is 6.58 Å². The van der Waals surface area contributed by atoms with E-state index >= 15 is 0 Å². The highest BCUT2D eigenvalue weighted by atomic mass is 79.9. The Bertz CT molecular complexity index is 852. The molecule has 0 N–H and O–H groups in total. The fourth-order valence-electron chi connectivity index (χ4n) is 6.91. The molecule has 0 radical (unpaired) electrons. The summed E-state index contributed by atoms with van der Waals surface area (Å²) in [4.78, 5) is 15.3. The molecule has 2 saturated carbocycles. The topological polar surface area (TPSA) is 38.8 Å². The van der Waals surface area contributed by atoms with Crippen molar-refractivity contribution in [3.05, 3.63) is 34.3 Å². The van der Waals surface area contributed by atoms with Gasteiger partial charge in [0.25, 0.3) is 0 Å². The molecule has 4 nitrogen and oxygen atoms in total. The van der Waals surface area contributed by atoms with Crippen molar-refractivity contribution < 1.29 is 14.3 Å². The van der Waals surface area contributed by atoms with E-state index < -0.39 is 0 Å². The Morgan fingerprint density at radius 3 is 2.96 bits per heavy atom. The zero-order valence-electron chi connectivity index (χ0n) is 15.5. The number of ketones is 1. The number of carbonyl (C=O) groups excluding carboxylic acids is 1. The van der Waals surface area contributed by atoms with Crippen molar-refractivity contribution in [3.8, 4) is 11.5 Å². The smallest absolute Gasteiger partial charge is 0.174 e.